The summed E-state index contributed by atoms with van der Waals surface area (Å²) < 4.78 is 0. The summed E-state index contributed by atoms with van der Waals surface area (Å²) in [6.07, 6.45) is 0. The minimum Gasteiger partial charge on any atom is -0.306 e. The number of nitro groups is 1. The Morgan fingerprint density at radius 1 is 1.20 bits per heavy atom. The molecule has 8 heteroatoms. The SMILES string of the molecule is CC(C)(C)C(=O)NNC(=O)Nc1cccc([N+](=O)[O-])c1. The van der Waals surface area contributed by atoms with Crippen LogP contribution in [0.25, 0.3) is 0 Å². The summed E-state index contributed by atoms with van der Waals surface area (Å²) in [6.45, 7) is 5.09. The first kappa shape index (κ1) is 15.4. The Bertz CT molecular complexity index is 537. The van der Waals surface area contributed by atoms with Crippen LogP contribution >= 0.6 is 0 Å². The van der Waals surface area contributed by atoms with Crippen LogP contribution in [-0.2, 0) is 4.79 Å². The van der Waals surface area contributed by atoms with Crippen LogP contribution in [0.3, 0.4) is 0 Å². The second kappa shape index (κ2) is 6.00. The number of nitrogens with one attached hydrogen (secondary N) is 3. The van der Waals surface area contributed by atoms with E-state index in [1.54, 1.807) is 20.8 Å². The van der Waals surface area contributed by atoms with Gasteiger partial charge in [0.25, 0.3) is 5.69 Å². The molecule has 0 radical (unpaired) electrons. The number of benzene rings is 1. The van der Waals surface area contributed by atoms with Crippen molar-refractivity contribution in [3.8, 4) is 0 Å². The Kier molecular flexibility index (Phi) is 4.63. The molecule has 0 aliphatic carbocycles. The molecule has 0 fully saturated rings. The minimum absolute atomic E-state index is 0.137. The predicted molar refractivity (Wildman–Crippen MR) is 72.8 cm³/mol. The van der Waals surface area contributed by atoms with Gasteiger partial charge in [-0.3, -0.25) is 20.3 Å². The molecule has 20 heavy (non-hydrogen) atoms. The predicted octanol–water partition coefficient (Wildman–Crippen LogP) is 1.79. The zero-order valence-electron chi connectivity index (χ0n) is 11.4. The fraction of sp³-hybridized carbons (Fsp3) is 0.333. The van der Waals surface area contributed by atoms with Crippen molar-refractivity contribution in [3.63, 3.8) is 0 Å². The molecule has 0 aromatic heterocycles. The molecule has 0 aliphatic rings. The van der Waals surface area contributed by atoms with Gasteiger partial charge in [0, 0.05) is 23.2 Å². The molecule has 0 saturated carbocycles. The van der Waals surface area contributed by atoms with Crippen molar-refractivity contribution in [2.75, 3.05) is 5.32 Å². The third kappa shape index (κ3) is 4.56. The van der Waals surface area contributed by atoms with E-state index in [0.29, 0.717) is 0 Å². The zero-order valence-corrected chi connectivity index (χ0v) is 11.4. The van der Waals surface area contributed by atoms with Crippen LogP contribution in [-0.4, -0.2) is 16.9 Å². The van der Waals surface area contributed by atoms with Crippen molar-refractivity contribution in [2.45, 2.75) is 20.8 Å². The van der Waals surface area contributed by atoms with Crippen molar-refractivity contribution in [3.05, 3.63) is 34.4 Å². The molecule has 1 aromatic carbocycles. The molecule has 0 unspecified atom stereocenters. The summed E-state index contributed by atoms with van der Waals surface area (Å²) in [4.78, 5) is 33.1. The molecular formula is C12H16N4O4. The second-order valence-corrected chi connectivity index (χ2v) is 5.09. The van der Waals surface area contributed by atoms with E-state index in [9.17, 15) is 19.7 Å². The molecule has 0 atom stereocenters. The number of carbonyl (C=O) groups excluding carboxylic acids is 2. The molecule has 1 aromatic rings. The Balaban J connectivity index is 2.57. The van der Waals surface area contributed by atoms with Gasteiger partial charge < -0.3 is 5.32 Å². The Morgan fingerprint density at radius 2 is 1.85 bits per heavy atom. The molecule has 3 N–H and O–H groups in total. The molecule has 0 aliphatic heterocycles. The summed E-state index contributed by atoms with van der Waals surface area (Å²) in [5.41, 5.74) is 3.89. The van der Waals surface area contributed by atoms with Crippen LogP contribution in [0.5, 0.6) is 0 Å². The molecule has 0 bridgehead atoms. The third-order valence-corrected chi connectivity index (χ3v) is 2.29. The lowest BCUT2D eigenvalue weighted by Gasteiger charge is -2.18. The number of carbonyl (C=O) groups is 2. The first-order chi connectivity index (χ1) is 9.20. The van der Waals surface area contributed by atoms with E-state index >= 15 is 0 Å². The highest BCUT2D eigenvalue weighted by molar-refractivity contribution is 5.91. The maximum absolute atomic E-state index is 11.5. The molecule has 8 nitrogen and oxygen atoms in total. The smallest absolute Gasteiger partial charge is 0.306 e. The van der Waals surface area contributed by atoms with Crippen LogP contribution in [0, 0.1) is 15.5 Å². The summed E-state index contributed by atoms with van der Waals surface area (Å²) >= 11 is 0. The van der Waals surface area contributed by atoms with Gasteiger partial charge in [0.15, 0.2) is 0 Å². The Hall–Kier alpha value is -2.64. The molecular weight excluding hydrogens is 264 g/mol. The second-order valence-electron chi connectivity index (χ2n) is 5.09. The average Bonchev–Trinajstić information content (AvgIpc) is 2.35. The van der Waals surface area contributed by atoms with Crippen molar-refractivity contribution < 1.29 is 14.5 Å². The summed E-state index contributed by atoms with van der Waals surface area (Å²) in [7, 11) is 0. The van der Waals surface area contributed by atoms with E-state index in [1.165, 1.54) is 24.3 Å². The zero-order chi connectivity index (χ0) is 15.3. The molecule has 108 valence electrons. The highest BCUT2D eigenvalue weighted by Gasteiger charge is 2.21. The third-order valence-electron chi connectivity index (χ3n) is 2.29. The van der Waals surface area contributed by atoms with Crippen LogP contribution in [0.4, 0.5) is 16.2 Å². The number of hydrogen-bond donors (Lipinski definition) is 3. The number of nitro benzene ring substituents is 1. The van der Waals surface area contributed by atoms with Crippen LogP contribution in [0.2, 0.25) is 0 Å². The first-order valence-electron chi connectivity index (χ1n) is 5.82. The maximum Gasteiger partial charge on any atom is 0.337 e. The molecule has 3 amide bonds. The van der Waals surface area contributed by atoms with E-state index in [4.69, 9.17) is 0 Å². The average molecular weight is 280 g/mol. The van der Waals surface area contributed by atoms with Crippen LogP contribution < -0.4 is 16.2 Å². The molecule has 0 heterocycles. The van der Waals surface area contributed by atoms with Crippen molar-refractivity contribution in [1.29, 1.82) is 0 Å². The summed E-state index contributed by atoms with van der Waals surface area (Å²) in [5.74, 6) is -0.355. The lowest BCUT2D eigenvalue weighted by Crippen LogP contribution is -2.48. The number of hydrogen-bond acceptors (Lipinski definition) is 4. The summed E-state index contributed by atoms with van der Waals surface area (Å²) in [5, 5.41) is 13.0. The topological polar surface area (TPSA) is 113 Å². The van der Waals surface area contributed by atoms with Crippen molar-refractivity contribution in [1.82, 2.24) is 10.9 Å². The normalized spacial score (nSPS) is 10.6. The number of hydrazine groups is 1. The van der Waals surface area contributed by atoms with E-state index in [2.05, 4.69) is 16.2 Å². The highest BCUT2D eigenvalue weighted by atomic mass is 16.6. The number of urea groups is 1. The lowest BCUT2D eigenvalue weighted by atomic mass is 9.96. The lowest BCUT2D eigenvalue weighted by molar-refractivity contribution is -0.384. The van der Waals surface area contributed by atoms with Gasteiger partial charge >= 0.3 is 6.03 Å². The van der Waals surface area contributed by atoms with Crippen LogP contribution in [0.15, 0.2) is 24.3 Å². The highest BCUT2D eigenvalue weighted by Crippen LogP contribution is 2.16. The summed E-state index contributed by atoms with van der Waals surface area (Å²) in [6, 6.07) is 4.78. The molecule has 1 rings (SSSR count). The largest absolute Gasteiger partial charge is 0.337 e. The van der Waals surface area contributed by atoms with Gasteiger partial charge in [0.1, 0.15) is 0 Å². The fourth-order valence-electron chi connectivity index (χ4n) is 1.16. The molecule has 0 saturated heterocycles. The number of nitrogens with zero attached hydrogens (tertiary/aromatic N) is 1. The van der Waals surface area contributed by atoms with Crippen molar-refractivity contribution in [2.24, 2.45) is 5.41 Å². The van der Waals surface area contributed by atoms with Gasteiger partial charge in [0.2, 0.25) is 5.91 Å². The number of non-ortho nitro benzene ring substituents is 1. The monoisotopic (exact) mass is 280 g/mol. The van der Waals surface area contributed by atoms with Gasteiger partial charge in [-0.15, -0.1) is 0 Å². The first-order valence-corrected chi connectivity index (χ1v) is 5.82. The number of amides is 3. The van der Waals surface area contributed by atoms with Gasteiger partial charge in [0.05, 0.1) is 4.92 Å². The quantitative estimate of drug-likeness (QED) is 0.566. The van der Waals surface area contributed by atoms with E-state index in [0.717, 1.165) is 0 Å². The Morgan fingerprint density at radius 3 is 2.40 bits per heavy atom. The number of rotatable bonds is 2. The minimum atomic E-state index is -0.692. The van der Waals surface area contributed by atoms with E-state index < -0.39 is 16.4 Å². The van der Waals surface area contributed by atoms with Gasteiger partial charge in [-0.1, -0.05) is 26.8 Å². The standard InChI is InChI=1S/C12H16N4O4/c1-12(2,3)10(17)14-15-11(18)13-8-5-4-6-9(7-8)16(19)20/h4-7H,1-3H3,(H,14,17)(H2,13,15,18). The van der Waals surface area contributed by atoms with Gasteiger partial charge in [-0.05, 0) is 6.07 Å². The van der Waals surface area contributed by atoms with Gasteiger partial charge in [-0.25, -0.2) is 10.2 Å². The van der Waals surface area contributed by atoms with E-state index in [-0.39, 0.29) is 17.3 Å². The Labute approximate surface area is 115 Å². The van der Waals surface area contributed by atoms with Gasteiger partial charge in [-0.2, -0.15) is 0 Å². The van der Waals surface area contributed by atoms with Crippen molar-refractivity contribution >= 4 is 23.3 Å². The maximum atomic E-state index is 11.5. The molecule has 0 spiro atoms. The van der Waals surface area contributed by atoms with E-state index in [1.807, 2.05) is 0 Å². The number of anilines is 1. The van der Waals surface area contributed by atoms with Crippen LogP contribution in [0.1, 0.15) is 20.8 Å². The fourth-order valence-corrected chi connectivity index (χ4v) is 1.16.